The van der Waals surface area contributed by atoms with E-state index in [-0.39, 0.29) is 0 Å². The molecule has 0 aliphatic heterocycles. The maximum Gasteiger partial charge on any atom is 0.232 e. The summed E-state index contributed by atoms with van der Waals surface area (Å²) in [7, 11) is 0.181. The van der Waals surface area contributed by atoms with Gasteiger partial charge >= 0.3 is 0 Å². The molecule has 1 fully saturated rings. The molecule has 0 N–H and O–H groups in total. The van der Waals surface area contributed by atoms with E-state index in [9.17, 15) is 13.7 Å². The van der Waals surface area contributed by atoms with Gasteiger partial charge in [0.25, 0.3) is 0 Å². The summed E-state index contributed by atoms with van der Waals surface area (Å²) < 4.78 is 24.8. The molecule has 1 aliphatic carbocycles. The van der Waals surface area contributed by atoms with Gasteiger partial charge in [0, 0.05) is 26.4 Å². The van der Waals surface area contributed by atoms with Gasteiger partial charge < -0.3 is 4.90 Å². The third-order valence-corrected chi connectivity index (χ3v) is 8.96. The number of nitriles is 1. The Balaban J connectivity index is 1.83. The van der Waals surface area contributed by atoms with Crippen molar-refractivity contribution in [3.63, 3.8) is 0 Å². The summed E-state index contributed by atoms with van der Waals surface area (Å²) >= 11 is 1.47. The zero-order chi connectivity index (χ0) is 25.8. The molecule has 0 saturated heterocycles. The largest absolute Gasteiger partial charge is 0.368 e. The van der Waals surface area contributed by atoms with E-state index in [0.717, 1.165) is 24.1 Å². The highest BCUT2D eigenvalue weighted by Crippen LogP contribution is 2.49. The molecule has 0 atom stereocenters. The van der Waals surface area contributed by atoms with Crippen LogP contribution in [0.15, 0.2) is 29.3 Å². The predicted octanol–water partition coefficient (Wildman–Crippen LogP) is 5.77. The van der Waals surface area contributed by atoms with Crippen LogP contribution in [0.3, 0.4) is 0 Å². The van der Waals surface area contributed by atoms with Crippen molar-refractivity contribution in [1.29, 1.82) is 5.26 Å². The molecule has 0 bridgehead atoms. The minimum absolute atomic E-state index is 0.472. The van der Waals surface area contributed by atoms with Gasteiger partial charge in [-0.3, -0.25) is 4.31 Å². The van der Waals surface area contributed by atoms with Gasteiger partial charge in [0.15, 0.2) is 0 Å². The van der Waals surface area contributed by atoms with Crippen molar-refractivity contribution in [2.45, 2.75) is 56.7 Å². The first-order valence-electron chi connectivity index (χ1n) is 11.7. The van der Waals surface area contributed by atoms with E-state index < -0.39 is 10.0 Å². The monoisotopic (exact) mass is 511 g/mol. The summed E-state index contributed by atoms with van der Waals surface area (Å²) in [5.41, 5.74) is 3.77. The maximum atomic E-state index is 11.8. The first-order chi connectivity index (χ1) is 16.5. The lowest BCUT2D eigenvalue weighted by Crippen LogP contribution is -2.24. The molecule has 1 heterocycles. The molecule has 1 aromatic carbocycles. The van der Waals surface area contributed by atoms with Gasteiger partial charge in [0.2, 0.25) is 15.7 Å². The lowest BCUT2D eigenvalue weighted by atomic mass is 10.0. The molecule has 2 aromatic rings. The highest BCUT2D eigenvalue weighted by molar-refractivity contribution is 7.98. The van der Waals surface area contributed by atoms with Crippen LogP contribution >= 0.6 is 11.8 Å². The lowest BCUT2D eigenvalue weighted by Gasteiger charge is -2.23. The Hall–Kier alpha value is -2.75. The number of aromatic nitrogens is 1. The summed E-state index contributed by atoms with van der Waals surface area (Å²) in [5.74, 6) is 1.22. The number of thioether (sulfide) groups is 1. The Labute approximate surface area is 214 Å². The fourth-order valence-electron chi connectivity index (χ4n) is 3.99. The molecule has 1 saturated carbocycles. The zero-order valence-corrected chi connectivity index (χ0v) is 22.8. The lowest BCUT2D eigenvalue weighted by molar-refractivity contribution is 0.495. The number of rotatable bonds is 11. The molecular formula is C26H33N5O2S2. The second-order valence-electron chi connectivity index (χ2n) is 9.54. The first-order valence-corrected chi connectivity index (χ1v) is 14.6. The van der Waals surface area contributed by atoms with E-state index in [4.69, 9.17) is 11.6 Å². The molecule has 0 amide bonds. The van der Waals surface area contributed by atoms with Crippen LogP contribution in [0, 0.1) is 23.3 Å². The smallest absolute Gasteiger partial charge is 0.232 e. The van der Waals surface area contributed by atoms with Crippen molar-refractivity contribution in [2.75, 3.05) is 36.1 Å². The Bertz CT molecular complexity index is 1260. The normalized spacial score (nSPS) is 14.1. The average molecular weight is 512 g/mol. The predicted molar refractivity (Wildman–Crippen MR) is 144 cm³/mol. The fourth-order valence-corrected chi connectivity index (χ4v) is 5.46. The number of benzene rings is 1. The Morgan fingerprint density at radius 2 is 1.91 bits per heavy atom. The number of nitrogens with zero attached hydrogens (tertiary/aromatic N) is 5. The minimum Gasteiger partial charge on any atom is -0.368 e. The first kappa shape index (κ1) is 26.8. The highest BCUT2D eigenvalue weighted by Gasteiger charge is 2.36. The van der Waals surface area contributed by atoms with Gasteiger partial charge in [0.05, 0.1) is 24.1 Å². The summed E-state index contributed by atoms with van der Waals surface area (Å²) in [4.78, 5) is 10.6. The third kappa shape index (κ3) is 6.48. The summed E-state index contributed by atoms with van der Waals surface area (Å²) in [6, 6.07) is 9.60. The van der Waals surface area contributed by atoms with E-state index in [2.05, 4.69) is 22.7 Å². The molecule has 3 rings (SSSR count). The van der Waals surface area contributed by atoms with Gasteiger partial charge in [-0.15, -0.1) is 11.8 Å². The van der Waals surface area contributed by atoms with Crippen molar-refractivity contribution in [1.82, 2.24) is 4.98 Å². The van der Waals surface area contributed by atoms with Crippen LogP contribution in [0.4, 0.5) is 17.2 Å². The maximum absolute atomic E-state index is 11.8. The standard InChI is InChI=1S/C26H33N5O2S2/c1-7-21-22(17-27)25(34-18-19-9-11-20(12-10-19)31(5)35(6,32)33)29-24(23(21)28-3)30(4)16-8-13-26(2)14-15-26/h9-12H,7-8,13-16,18H2,1-2,4-6H3. The number of pyridine rings is 1. The van der Waals surface area contributed by atoms with Crippen LogP contribution in [0.1, 0.15) is 56.2 Å². The van der Waals surface area contributed by atoms with Gasteiger partial charge in [-0.05, 0) is 60.8 Å². The van der Waals surface area contributed by atoms with E-state index in [1.807, 2.05) is 26.1 Å². The van der Waals surface area contributed by atoms with Crippen LogP contribution in [0.25, 0.3) is 4.85 Å². The van der Waals surface area contributed by atoms with Crippen molar-refractivity contribution in [3.8, 4) is 6.07 Å². The molecule has 7 nitrogen and oxygen atoms in total. The second-order valence-corrected chi connectivity index (χ2v) is 12.5. The SMILES string of the molecule is [C-]#[N+]c1c(N(C)CCCC2(C)CC2)nc(SCc2ccc(N(C)S(C)(=O)=O)cc2)c(C#N)c1CC. The second kappa shape index (κ2) is 10.9. The molecule has 0 spiro atoms. The van der Waals surface area contributed by atoms with E-state index >= 15 is 0 Å². The van der Waals surface area contributed by atoms with E-state index in [1.54, 1.807) is 12.1 Å². The number of hydrogen-bond acceptors (Lipinski definition) is 6. The Kier molecular flexibility index (Phi) is 8.35. The molecule has 9 heteroatoms. The molecule has 1 aliphatic rings. The van der Waals surface area contributed by atoms with Crippen LogP contribution in [-0.4, -0.2) is 40.3 Å². The topological polar surface area (TPSA) is 81.7 Å². The van der Waals surface area contributed by atoms with Crippen LogP contribution in [0.5, 0.6) is 0 Å². The van der Waals surface area contributed by atoms with Crippen molar-refractivity contribution in [3.05, 3.63) is 52.4 Å². The fraction of sp³-hybridized carbons (Fsp3) is 0.500. The quantitative estimate of drug-likeness (QED) is 0.281. The summed E-state index contributed by atoms with van der Waals surface area (Å²) in [5, 5.41) is 10.5. The number of hydrogen-bond donors (Lipinski definition) is 0. The van der Waals surface area contributed by atoms with E-state index in [0.29, 0.717) is 45.4 Å². The summed E-state index contributed by atoms with van der Waals surface area (Å²) in [6.45, 7) is 12.9. The van der Waals surface area contributed by atoms with Gasteiger partial charge in [-0.2, -0.15) is 5.26 Å². The Morgan fingerprint density at radius 3 is 2.43 bits per heavy atom. The number of anilines is 2. The van der Waals surface area contributed by atoms with Crippen LogP contribution in [-0.2, 0) is 22.2 Å². The van der Waals surface area contributed by atoms with Crippen molar-refractivity contribution in [2.24, 2.45) is 5.41 Å². The van der Waals surface area contributed by atoms with E-state index in [1.165, 1.54) is 48.6 Å². The average Bonchev–Trinajstić information content (AvgIpc) is 3.57. The molecular weight excluding hydrogens is 478 g/mol. The van der Waals surface area contributed by atoms with Gasteiger partial charge in [-0.25, -0.2) is 18.2 Å². The number of sulfonamides is 1. The third-order valence-electron chi connectivity index (χ3n) is 6.71. The summed E-state index contributed by atoms with van der Waals surface area (Å²) in [6.07, 6.45) is 6.57. The van der Waals surface area contributed by atoms with Crippen LogP contribution < -0.4 is 9.21 Å². The van der Waals surface area contributed by atoms with Crippen LogP contribution in [0.2, 0.25) is 0 Å². The van der Waals surface area contributed by atoms with Gasteiger partial charge in [-0.1, -0.05) is 26.0 Å². The van der Waals surface area contributed by atoms with Gasteiger partial charge in [0.1, 0.15) is 16.9 Å². The molecule has 186 valence electrons. The van der Waals surface area contributed by atoms with Crippen molar-refractivity contribution < 1.29 is 8.42 Å². The minimum atomic E-state index is -3.32. The Morgan fingerprint density at radius 1 is 1.26 bits per heavy atom. The molecule has 0 radical (unpaired) electrons. The highest BCUT2D eigenvalue weighted by atomic mass is 32.2. The molecule has 35 heavy (non-hydrogen) atoms. The van der Waals surface area contributed by atoms with Crippen molar-refractivity contribution >= 4 is 39.0 Å². The zero-order valence-electron chi connectivity index (χ0n) is 21.1. The molecule has 0 unspecified atom stereocenters. The molecule has 1 aromatic heterocycles.